The number of carboxylic acid groups (broad SMARTS) is 1. The van der Waals surface area contributed by atoms with Gasteiger partial charge in [-0.3, -0.25) is 0 Å². The molecule has 2 rings (SSSR count). The number of benzene rings is 2. The minimum absolute atomic E-state index is 0.735. The summed E-state index contributed by atoms with van der Waals surface area (Å²) < 4.78 is 10.5. The van der Waals surface area contributed by atoms with Crippen LogP contribution in [0, 0.1) is 0 Å². The van der Waals surface area contributed by atoms with E-state index in [1.165, 1.54) is 6.08 Å². The van der Waals surface area contributed by atoms with Crippen molar-refractivity contribution in [2.24, 2.45) is 0 Å². The van der Waals surface area contributed by atoms with Gasteiger partial charge in [-0.05, 0) is 41.0 Å². The van der Waals surface area contributed by atoms with Gasteiger partial charge in [-0.2, -0.15) is 0 Å². The van der Waals surface area contributed by atoms with Crippen molar-refractivity contribution in [2.75, 3.05) is 14.2 Å². The Morgan fingerprint density at radius 3 is 1.91 bits per heavy atom. The van der Waals surface area contributed by atoms with Crippen LogP contribution in [0.5, 0.6) is 11.5 Å². The van der Waals surface area contributed by atoms with Crippen LogP contribution >= 0.6 is 0 Å². The maximum Gasteiger partial charge on any atom is 0.328 e. The molecule has 0 aromatic heterocycles. The Labute approximate surface area is 135 Å². The number of carbonyl (C=O) groups is 1. The van der Waals surface area contributed by atoms with E-state index >= 15 is 0 Å². The number of methoxy groups -OCH3 is 2. The molecule has 4 heteroatoms. The number of ether oxygens (including phenoxy) is 2. The van der Waals surface area contributed by atoms with E-state index in [0.717, 1.165) is 34.3 Å². The Hall–Kier alpha value is -3.01. The Morgan fingerprint density at radius 2 is 1.48 bits per heavy atom. The first-order chi connectivity index (χ1) is 11.1. The van der Waals surface area contributed by atoms with Gasteiger partial charge in [-0.15, -0.1) is 0 Å². The fourth-order valence-corrected chi connectivity index (χ4v) is 2.17. The van der Waals surface area contributed by atoms with Crippen LogP contribution in [-0.4, -0.2) is 25.3 Å². The SMILES string of the molecule is COc1cccc(C(=C/C=C\C(=O)O)c2cccc(OC)c2)c1. The molecule has 0 aliphatic carbocycles. The van der Waals surface area contributed by atoms with Crippen molar-refractivity contribution >= 4 is 11.5 Å². The zero-order valence-electron chi connectivity index (χ0n) is 13.0. The highest BCUT2D eigenvalue weighted by Gasteiger charge is 2.07. The highest BCUT2D eigenvalue weighted by Crippen LogP contribution is 2.28. The fourth-order valence-electron chi connectivity index (χ4n) is 2.17. The van der Waals surface area contributed by atoms with Gasteiger partial charge in [0.05, 0.1) is 14.2 Å². The Kier molecular flexibility index (Phi) is 5.58. The van der Waals surface area contributed by atoms with Crippen LogP contribution in [0.25, 0.3) is 5.57 Å². The molecule has 23 heavy (non-hydrogen) atoms. The van der Waals surface area contributed by atoms with Crippen molar-refractivity contribution in [3.8, 4) is 11.5 Å². The van der Waals surface area contributed by atoms with E-state index in [1.807, 2.05) is 48.5 Å². The summed E-state index contributed by atoms with van der Waals surface area (Å²) in [5.41, 5.74) is 2.72. The summed E-state index contributed by atoms with van der Waals surface area (Å²) in [7, 11) is 3.22. The van der Waals surface area contributed by atoms with Gasteiger partial charge >= 0.3 is 5.97 Å². The highest BCUT2D eigenvalue weighted by molar-refractivity contribution is 5.84. The molecular formula is C19H18O4. The lowest BCUT2D eigenvalue weighted by Gasteiger charge is -2.11. The summed E-state index contributed by atoms with van der Waals surface area (Å²) in [5, 5.41) is 8.78. The number of rotatable bonds is 6. The number of hydrogen-bond acceptors (Lipinski definition) is 3. The Balaban J connectivity index is 2.52. The van der Waals surface area contributed by atoms with Crippen LogP contribution in [0.4, 0.5) is 0 Å². The van der Waals surface area contributed by atoms with E-state index in [-0.39, 0.29) is 0 Å². The van der Waals surface area contributed by atoms with Crippen molar-refractivity contribution in [1.29, 1.82) is 0 Å². The third-order valence-corrected chi connectivity index (χ3v) is 3.26. The van der Waals surface area contributed by atoms with Gasteiger partial charge in [0.2, 0.25) is 0 Å². The molecule has 1 N–H and O–H groups in total. The van der Waals surface area contributed by atoms with Crippen molar-refractivity contribution in [2.45, 2.75) is 0 Å². The molecule has 118 valence electrons. The summed E-state index contributed by atoms with van der Waals surface area (Å²) >= 11 is 0. The molecule has 4 nitrogen and oxygen atoms in total. The molecule has 0 fully saturated rings. The molecule has 2 aromatic carbocycles. The van der Waals surface area contributed by atoms with Gasteiger partial charge in [-0.25, -0.2) is 4.79 Å². The van der Waals surface area contributed by atoms with Crippen molar-refractivity contribution in [3.05, 3.63) is 77.9 Å². The standard InChI is InChI=1S/C19H18O4/c1-22-16-8-3-6-14(12-16)18(10-5-11-19(20)21)15-7-4-9-17(13-15)23-2/h3-13H,1-2H3,(H,20,21)/b11-5-. The lowest BCUT2D eigenvalue weighted by molar-refractivity contribution is -0.131. The first-order valence-corrected chi connectivity index (χ1v) is 7.04. The van der Waals surface area contributed by atoms with Crippen molar-refractivity contribution in [3.63, 3.8) is 0 Å². The molecule has 0 saturated heterocycles. The smallest absolute Gasteiger partial charge is 0.328 e. The molecule has 0 radical (unpaired) electrons. The molecule has 0 saturated carbocycles. The molecule has 0 aliphatic rings. The summed E-state index contributed by atoms with van der Waals surface area (Å²) in [6.07, 6.45) is 4.37. The molecular weight excluding hydrogens is 292 g/mol. The lowest BCUT2D eigenvalue weighted by atomic mass is 9.97. The van der Waals surface area contributed by atoms with Crippen LogP contribution in [0.2, 0.25) is 0 Å². The van der Waals surface area contributed by atoms with E-state index in [2.05, 4.69) is 0 Å². The van der Waals surface area contributed by atoms with Gasteiger partial charge in [0.15, 0.2) is 0 Å². The third kappa shape index (κ3) is 4.48. The number of aliphatic carboxylic acids is 1. The van der Waals surface area contributed by atoms with Crippen LogP contribution in [0.1, 0.15) is 11.1 Å². The zero-order chi connectivity index (χ0) is 16.7. The molecule has 0 spiro atoms. The van der Waals surface area contributed by atoms with Crippen molar-refractivity contribution in [1.82, 2.24) is 0 Å². The van der Waals surface area contributed by atoms with E-state index in [1.54, 1.807) is 20.3 Å². The molecule has 0 atom stereocenters. The van der Waals surface area contributed by atoms with Gasteiger partial charge in [0.1, 0.15) is 11.5 Å². The second-order valence-electron chi connectivity index (χ2n) is 4.74. The van der Waals surface area contributed by atoms with E-state index in [0.29, 0.717) is 0 Å². The minimum atomic E-state index is -0.989. The zero-order valence-corrected chi connectivity index (χ0v) is 13.0. The topological polar surface area (TPSA) is 55.8 Å². The first-order valence-electron chi connectivity index (χ1n) is 7.04. The quantitative estimate of drug-likeness (QED) is 0.652. The van der Waals surface area contributed by atoms with Gasteiger partial charge in [-0.1, -0.05) is 36.4 Å². The summed E-state index contributed by atoms with van der Waals surface area (Å²) in [6.45, 7) is 0. The largest absolute Gasteiger partial charge is 0.497 e. The second kappa shape index (κ2) is 7.84. The third-order valence-electron chi connectivity index (χ3n) is 3.26. The van der Waals surface area contributed by atoms with Gasteiger partial charge < -0.3 is 14.6 Å². The fraction of sp³-hybridized carbons (Fsp3) is 0.105. The molecule has 0 aliphatic heterocycles. The molecule has 2 aromatic rings. The maximum absolute atomic E-state index is 10.7. The van der Waals surface area contributed by atoms with Crippen LogP contribution in [0.15, 0.2) is 66.8 Å². The lowest BCUT2D eigenvalue weighted by Crippen LogP contribution is -1.92. The summed E-state index contributed by atoms with van der Waals surface area (Å²) in [5.74, 6) is 0.480. The molecule has 0 unspecified atom stereocenters. The molecule has 0 heterocycles. The van der Waals surface area contributed by atoms with E-state index in [4.69, 9.17) is 14.6 Å². The van der Waals surface area contributed by atoms with E-state index in [9.17, 15) is 4.79 Å². The van der Waals surface area contributed by atoms with Gasteiger partial charge in [0, 0.05) is 6.08 Å². The average Bonchev–Trinajstić information content (AvgIpc) is 2.58. The summed E-state index contributed by atoms with van der Waals surface area (Å²) in [4.78, 5) is 10.7. The molecule has 0 amide bonds. The van der Waals surface area contributed by atoms with Crippen LogP contribution < -0.4 is 9.47 Å². The predicted octanol–water partition coefficient (Wildman–Crippen LogP) is 3.78. The van der Waals surface area contributed by atoms with Crippen LogP contribution in [-0.2, 0) is 4.79 Å². The average molecular weight is 310 g/mol. The van der Waals surface area contributed by atoms with Crippen LogP contribution in [0.3, 0.4) is 0 Å². The van der Waals surface area contributed by atoms with Gasteiger partial charge in [0.25, 0.3) is 0 Å². The Morgan fingerprint density at radius 1 is 0.957 bits per heavy atom. The monoisotopic (exact) mass is 310 g/mol. The second-order valence-corrected chi connectivity index (χ2v) is 4.74. The number of carboxylic acids is 1. The maximum atomic E-state index is 10.7. The Bertz CT molecular complexity index is 695. The first kappa shape index (κ1) is 16.4. The predicted molar refractivity (Wildman–Crippen MR) is 89.8 cm³/mol. The van der Waals surface area contributed by atoms with Crippen molar-refractivity contribution < 1.29 is 19.4 Å². The van der Waals surface area contributed by atoms with E-state index < -0.39 is 5.97 Å². The number of hydrogen-bond donors (Lipinski definition) is 1. The molecule has 0 bridgehead atoms. The normalized spacial score (nSPS) is 10.3. The highest BCUT2D eigenvalue weighted by atomic mass is 16.5. The minimum Gasteiger partial charge on any atom is -0.497 e. The number of allylic oxidation sites excluding steroid dienone is 2. The summed E-state index contributed by atoms with van der Waals surface area (Å²) in [6, 6.07) is 15.2.